The molecule has 92 valence electrons. The van der Waals surface area contributed by atoms with E-state index in [-0.39, 0.29) is 0 Å². The minimum atomic E-state index is -3.26. The van der Waals surface area contributed by atoms with Gasteiger partial charge in [0.15, 0.2) is 9.84 Å². The van der Waals surface area contributed by atoms with Crippen LogP contribution < -0.4 is 0 Å². The number of sulfone groups is 1. The van der Waals surface area contributed by atoms with E-state index in [1.807, 2.05) is 48.5 Å². The van der Waals surface area contributed by atoms with Crippen LogP contribution in [-0.2, 0) is 9.84 Å². The van der Waals surface area contributed by atoms with Gasteiger partial charge in [-0.15, -0.1) is 0 Å². The molecule has 2 aromatic rings. The molecule has 2 nitrogen and oxygen atoms in total. The van der Waals surface area contributed by atoms with E-state index in [9.17, 15) is 8.42 Å². The standard InChI is InChI=1S/C15H14O2S/c1-18(16,17)15(14-10-6-3-7-11-14)12-13-8-4-2-5-9-13/h2-12H,1H3/b15-12+. The van der Waals surface area contributed by atoms with Crippen molar-refractivity contribution in [3.05, 3.63) is 71.8 Å². The van der Waals surface area contributed by atoms with E-state index < -0.39 is 9.84 Å². The Hall–Kier alpha value is -1.87. The second-order valence-electron chi connectivity index (χ2n) is 4.06. The minimum absolute atomic E-state index is 0.342. The summed E-state index contributed by atoms with van der Waals surface area (Å²) in [5.74, 6) is 0. The maximum absolute atomic E-state index is 11.9. The molecule has 0 aliphatic heterocycles. The molecule has 0 saturated heterocycles. The highest BCUT2D eigenvalue weighted by Gasteiger charge is 2.13. The SMILES string of the molecule is CS(=O)(=O)/C(=C/c1ccccc1)c1ccccc1. The van der Waals surface area contributed by atoms with Gasteiger partial charge in [0.2, 0.25) is 0 Å². The van der Waals surface area contributed by atoms with Crippen LogP contribution in [0.5, 0.6) is 0 Å². The molecule has 2 aromatic carbocycles. The summed E-state index contributed by atoms with van der Waals surface area (Å²) in [6.45, 7) is 0. The van der Waals surface area contributed by atoms with Gasteiger partial charge in [0.05, 0.1) is 4.91 Å². The van der Waals surface area contributed by atoms with Gasteiger partial charge in [-0.3, -0.25) is 0 Å². The predicted molar refractivity (Wildman–Crippen MR) is 75.6 cm³/mol. The van der Waals surface area contributed by atoms with Gasteiger partial charge in [0.25, 0.3) is 0 Å². The van der Waals surface area contributed by atoms with E-state index in [1.54, 1.807) is 18.2 Å². The summed E-state index contributed by atoms with van der Waals surface area (Å²) in [6, 6.07) is 18.6. The molecule has 0 aliphatic carbocycles. The minimum Gasteiger partial charge on any atom is -0.224 e. The molecule has 0 N–H and O–H groups in total. The normalized spacial score (nSPS) is 12.4. The molecule has 0 amide bonds. The van der Waals surface area contributed by atoms with Crippen LogP contribution >= 0.6 is 0 Å². The van der Waals surface area contributed by atoms with Gasteiger partial charge >= 0.3 is 0 Å². The molecular weight excluding hydrogens is 244 g/mol. The molecule has 2 rings (SSSR count). The fourth-order valence-corrected chi connectivity index (χ4v) is 2.62. The Labute approximate surface area is 108 Å². The number of benzene rings is 2. The smallest absolute Gasteiger partial charge is 0.176 e. The van der Waals surface area contributed by atoms with Crippen molar-refractivity contribution in [2.45, 2.75) is 0 Å². The second-order valence-corrected chi connectivity index (χ2v) is 6.04. The van der Waals surface area contributed by atoms with Gasteiger partial charge in [-0.25, -0.2) is 8.42 Å². The van der Waals surface area contributed by atoms with Gasteiger partial charge in [-0.1, -0.05) is 60.7 Å². The molecule has 0 aliphatic rings. The first-order valence-electron chi connectivity index (χ1n) is 5.59. The monoisotopic (exact) mass is 258 g/mol. The summed E-state index contributed by atoms with van der Waals surface area (Å²) in [6.07, 6.45) is 2.93. The second kappa shape index (κ2) is 5.19. The number of hydrogen-bond acceptors (Lipinski definition) is 2. The van der Waals surface area contributed by atoms with Crippen LogP contribution in [0.15, 0.2) is 60.7 Å². The first-order chi connectivity index (χ1) is 8.57. The van der Waals surface area contributed by atoms with Crippen molar-refractivity contribution < 1.29 is 8.42 Å². The zero-order chi connectivity index (χ0) is 13.0. The average Bonchev–Trinajstić information content (AvgIpc) is 2.37. The number of rotatable bonds is 3. The van der Waals surface area contributed by atoms with Gasteiger partial charge in [0, 0.05) is 6.26 Å². The molecule has 3 heteroatoms. The largest absolute Gasteiger partial charge is 0.224 e. The lowest BCUT2D eigenvalue weighted by atomic mass is 10.1. The molecule has 0 heterocycles. The summed E-state index contributed by atoms with van der Waals surface area (Å²) in [7, 11) is -3.26. The summed E-state index contributed by atoms with van der Waals surface area (Å²) >= 11 is 0. The lowest BCUT2D eigenvalue weighted by Gasteiger charge is -2.05. The van der Waals surface area contributed by atoms with Crippen molar-refractivity contribution >= 4 is 20.8 Å². The number of hydrogen-bond donors (Lipinski definition) is 0. The third kappa shape index (κ3) is 3.08. The molecule has 0 spiro atoms. The molecule has 0 radical (unpaired) electrons. The zero-order valence-corrected chi connectivity index (χ0v) is 10.9. The molecular formula is C15H14O2S. The van der Waals surface area contributed by atoms with Gasteiger partial charge < -0.3 is 0 Å². The van der Waals surface area contributed by atoms with Gasteiger partial charge in [-0.05, 0) is 17.2 Å². The Morgan fingerprint density at radius 1 is 0.889 bits per heavy atom. The van der Waals surface area contributed by atoms with Crippen molar-refractivity contribution in [2.24, 2.45) is 0 Å². The van der Waals surface area contributed by atoms with Crippen LogP contribution in [0.1, 0.15) is 11.1 Å². The first kappa shape index (κ1) is 12.6. The molecule has 0 bridgehead atoms. The van der Waals surface area contributed by atoms with Crippen molar-refractivity contribution in [2.75, 3.05) is 6.26 Å². The zero-order valence-electron chi connectivity index (χ0n) is 10.1. The highest BCUT2D eigenvalue weighted by molar-refractivity contribution is 8.00. The molecule has 0 fully saturated rings. The van der Waals surface area contributed by atoms with Crippen LogP contribution in [-0.4, -0.2) is 14.7 Å². The summed E-state index contributed by atoms with van der Waals surface area (Å²) in [4.78, 5) is 0.342. The molecule has 0 aromatic heterocycles. The first-order valence-corrected chi connectivity index (χ1v) is 7.49. The maximum atomic E-state index is 11.9. The van der Waals surface area contributed by atoms with E-state index in [2.05, 4.69) is 0 Å². The van der Waals surface area contributed by atoms with Crippen molar-refractivity contribution in [1.82, 2.24) is 0 Å². The van der Waals surface area contributed by atoms with Crippen LogP contribution in [0, 0.1) is 0 Å². The Balaban J connectivity index is 2.56. The molecule has 18 heavy (non-hydrogen) atoms. The van der Waals surface area contributed by atoms with E-state index in [0.717, 1.165) is 5.56 Å². The van der Waals surface area contributed by atoms with Crippen LogP contribution in [0.3, 0.4) is 0 Å². The van der Waals surface area contributed by atoms with Crippen LogP contribution in [0.2, 0.25) is 0 Å². The van der Waals surface area contributed by atoms with Gasteiger partial charge in [0.1, 0.15) is 0 Å². The fraction of sp³-hybridized carbons (Fsp3) is 0.0667. The summed E-state index contributed by atoms with van der Waals surface area (Å²) < 4.78 is 23.7. The van der Waals surface area contributed by atoms with E-state index >= 15 is 0 Å². The highest BCUT2D eigenvalue weighted by Crippen LogP contribution is 2.23. The highest BCUT2D eigenvalue weighted by atomic mass is 32.2. The molecule has 0 saturated carbocycles. The van der Waals surface area contributed by atoms with E-state index in [1.165, 1.54) is 6.26 Å². The Morgan fingerprint density at radius 3 is 1.89 bits per heavy atom. The van der Waals surface area contributed by atoms with Crippen molar-refractivity contribution in [3.63, 3.8) is 0 Å². The fourth-order valence-electron chi connectivity index (χ4n) is 1.71. The summed E-state index contributed by atoms with van der Waals surface area (Å²) in [5.41, 5.74) is 1.59. The Morgan fingerprint density at radius 2 is 1.39 bits per heavy atom. The topological polar surface area (TPSA) is 34.1 Å². The quantitative estimate of drug-likeness (QED) is 0.792. The average molecular weight is 258 g/mol. The maximum Gasteiger partial charge on any atom is 0.176 e. The third-order valence-electron chi connectivity index (χ3n) is 2.56. The lowest BCUT2D eigenvalue weighted by Crippen LogP contribution is -2.00. The van der Waals surface area contributed by atoms with E-state index in [4.69, 9.17) is 0 Å². The van der Waals surface area contributed by atoms with E-state index in [0.29, 0.717) is 10.5 Å². The Kier molecular flexibility index (Phi) is 3.63. The molecule has 0 atom stereocenters. The third-order valence-corrected chi connectivity index (χ3v) is 3.71. The van der Waals surface area contributed by atoms with Crippen LogP contribution in [0.4, 0.5) is 0 Å². The Bertz CT molecular complexity index is 641. The molecule has 0 unspecified atom stereocenters. The van der Waals surface area contributed by atoms with Gasteiger partial charge in [-0.2, -0.15) is 0 Å². The summed E-state index contributed by atoms with van der Waals surface area (Å²) in [5, 5.41) is 0. The van der Waals surface area contributed by atoms with Crippen molar-refractivity contribution in [1.29, 1.82) is 0 Å². The van der Waals surface area contributed by atoms with Crippen molar-refractivity contribution in [3.8, 4) is 0 Å². The predicted octanol–water partition coefficient (Wildman–Crippen LogP) is 3.23. The lowest BCUT2D eigenvalue weighted by molar-refractivity contribution is 0.611. The van der Waals surface area contributed by atoms with Crippen LogP contribution in [0.25, 0.3) is 11.0 Å².